The topological polar surface area (TPSA) is 29.9 Å². The zero-order valence-electron chi connectivity index (χ0n) is 4.38. The van der Waals surface area contributed by atoms with Gasteiger partial charge < -0.3 is 4.52 Å². The molecule has 0 radical (unpaired) electrons. The van der Waals surface area contributed by atoms with Gasteiger partial charge in [0.15, 0.2) is 12.3 Å². The zero-order valence-corrected chi connectivity index (χ0v) is 4.38. The molecule has 0 aromatic carbocycles. The molecule has 7 heavy (non-hydrogen) atoms. The van der Waals surface area contributed by atoms with Crippen molar-refractivity contribution < 1.29 is 9.20 Å². The smallest absolute Gasteiger partial charge is 0.240 e. The van der Waals surface area contributed by atoms with E-state index in [9.17, 15) is 0 Å². The van der Waals surface area contributed by atoms with Crippen LogP contribution in [0.15, 0.2) is 10.7 Å². The van der Waals surface area contributed by atoms with Gasteiger partial charge in [0.2, 0.25) is 12.0 Å². The number of nitrogens with zero attached hydrogens (tertiary/aromatic N) is 2. The van der Waals surface area contributed by atoms with E-state index in [2.05, 4.69) is 9.79 Å². The van der Waals surface area contributed by atoms with Crippen LogP contribution in [-0.4, -0.2) is 5.27 Å². The van der Waals surface area contributed by atoms with Crippen LogP contribution in [0.3, 0.4) is 0 Å². The van der Waals surface area contributed by atoms with Crippen molar-refractivity contribution in [2.24, 2.45) is 7.05 Å². The first kappa shape index (κ1) is 4.30. The van der Waals surface area contributed by atoms with Crippen LogP contribution in [0, 0.1) is 6.92 Å². The summed E-state index contributed by atoms with van der Waals surface area (Å²) in [7, 11) is 1.82. The van der Waals surface area contributed by atoms with Crippen molar-refractivity contribution in [2.45, 2.75) is 6.92 Å². The molecule has 0 bridgehead atoms. The summed E-state index contributed by atoms with van der Waals surface area (Å²) in [6.45, 7) is 1.85. The van der Waals surface area contributed by atoms with E-state index < -0.39 is 0 Å². The van der Waals surface area contributed by atoms with E-state index in [4.69, 9.17) is 0 Å². The van der Waals surface area contributed by atoms with Crippen molar-refractivity contribution in [1.82, 2.24) is 5.27 Å². The van der Waals surface area contributed by atoms with Gasteiger partial charge in [-0.2, -0.15) is 0 Å². The molecule has 0 unspecified atom stereocenters. The second-order valence-electron chi connectivity index (χ2n) is 1.49. The Bertz CT molecular complexity index is 142. The van der Waals surface area contributed by atoms with Crippen molar-refractivity contribution in [3.8, 4) is 0 Å². The Morgan fingerprint density at radius 3 is 2.71 bits per heavy atom. The van der Waals surface area contributed by atoms with Gasteiger partial charge in [0, 0.05) is 6.92 Å². The van der Waals surface area contributed by atoms with Crippen molar-refractivity contribution in [3.63, 3.8) is 0 Å². The highest BCUT2D eigenvalue weighted by Crippen LogP contribution is 1.82. The van der Waals surface area contributed by atoms with E-state index in [1.807, 2.05) is 14.0 Å². The predicted octanol–water partition coefficient (Wildman–Crippen LogP) is -0.192. The molecule has 0 aliphatic carbocycles. The largest absolute Gasteiger partial charge is 0.306 e. The van der Waals surface area contributed by atoms with Crippen LogP contribution < -0.4 is 4.68 Å². The average molecular weight is 99.1 g/mol. The third-order valence-corrected chi connectivity index (χ3v) is 0.682. The van der Waals surface area contributed by atoms with Crippen LogP contribution in [0.1, 0.15) is 5.76 Å². The number of aromatic nitrogens is 2. The second-order valence-corrected chi connectivity index (χ2v) is 1.49. The molecule has 3 heteroatoms. The van der Waals surface area contributed by atoms with Gasteiger partial charge in [0.1, 0.15) is 0 Å². The molecule has 0 N–H and O–H groups in total. The molecule has 1 rings (SSSR count). The molecule has 0 fully saturated rings. The van der Waals surface area contributed by atoms with Gasteiger partial charge in [-0.05, 0) is 0 Å². The fourth-order valence-electron chi connectivity index (χ4n) is 0.439. The van der Waals surface area contributed by atoms with E-state index in [-0.39, 0.29) is 0 Å². The highest BCUT2D eigenvalue weighted by molar-refractivity contribution is 4.72. The lowest BCUT2D eigenvalue weighted by Crippen LogP contribution is -2.27. The van der Waals surface area contributed by atoms with Gasteiger partial charge in [-0.3, -0.25) is 0 Å². The number of hydrogen-bond donors (Lipinski definition) is 0. The third kappa shape index (κ3) is 0.765. The molecule has 1 heterocycles. The minimum Gasteiger partial charge on any atom is -0.306 e. The van der Waals surface area contributed by atoms with Gasteiger partial charge in [-0.15, -0.1) is 0 Å². The lowest BCUT2D eigenvalue weighted by Gasteiger charge is -1.57. The first-order valence-corrected chi connectivity index (χ1v) is 2.08. The Hall–Kier alpha value is -0.860. The van der Waals surface area contributed by atoms with Crippen LogP contribution in [0.25, 0.3) is 0 Å². The molecule has 38 valence electrons. The quantitative estimate of drug-likeness (QED) is 0.422. The molecule has 0 aliphatic heterocycles. The standard InChI is InChI=1S/C4H7N2O/c1-4-3-6(2)5-7-4/h3H,1-2H3/q+1. The van der Waals surface area contributed by atoms with Gasteiger partial charge in [0.05, 0.1) is 0 Å². The fraction of sp³-hybridized carbons (Fsp3) is 0.500. The summed E-state index contributed by atoms with van der Waals surface area (Å²) in [4.78, 5) is 0. The lowest BCUT2D eigenvalue weighted by atomic mass is 10.6. The zero-order chi connectivity index (χ0) is 5.28. The van der Waals surface area contributed by atoms with E-state index in [1.54, 1.807) is 10.9 Å². The highest BCUT2D eigenvalue weighted by atomic mass is 16.5. The Labute approximate surface area is 41.5 Å². The van der Waals surface area contributed by atoms with E-state index in [1.165, 1.54) is 0 Å². The summed E-state index contributed by atoms with van der Waals surface area (Å²) in [6, 6.07) is 0. The molecule has 0 aliphatic rings. The Kier molecular flexibility index (Phi) is 0.817. The van der Waals surface area contributed by atoms with Crippen molar-refractivity contribution in [2.75, 3.05) is 0 Å². The normalized spacial score (nSPS) is 9.43. The molecule has 0 saturated heterocycles. The summed E-state index contributed by atoms with van der Waals surface area (Å²) >= 11 is 0. The summed E-state index contributed by atoms with van der Waals surface area (Å²) in [5.74, 6) is 0.836. The van der Waals surface area contributed by atoms with Crippen LogP contribution in [0.2, 0.25) is 0 Å². The number of aryl methyl sites for hydroxylation is 2. The maximum atomic E-state index is 4.68. The molecule has 1 aromatic heterocycles. The monoisotopic (exact) mass is 99.1 g/mol. The summed E-state index contributed by atoms with van der Waals surface area (Å²) in [6.07, 6.45) is 1.81. The molecule has 0 atom stereocenters. The first-order chi connectivity index (χ1) is 3.29. The highest BCUT2D eigenvalue weighted by Gasteiger charge is 1.96. The molecule has 0 saturated carbocycles. The summed E-state index contributed by atoms with van der Waals surface area (Å²) < 4.78 is 6.30. The average Bonchev–Trinajstić information content (AvgIpc) is 1.87. The second kappa shape index (κ2) is 1.33. The fourth-order valence-corrected chi connectivity index (χ4v) is 0.439. The molecule has 1 aromatic rings. The van der Waals surface area contributed by atoms with Crippen LogP contribution in [0.5, 0.6) is 0 Å². The minimum absolute atomic E-state index is 0.836. The minimum atomic E-state index is 0.836. The first-order valence-electron chi connectivity index (χ1n) is 2.08. The molecule has 0 spiro atoms. The maximum Gasteiger partial charge on any atom is 0.240 e. The summed E-state index contributed by atoms with van der Waals surface area (Å²) in [5.41, 5.74) is 0. The van der Waals surface area contributed by atoms with E-state index in [0.717, 1.165) is 5.76 Å². The number of rotatable bonds is 0. The number of hydrogen-bond acceptors (Lipinski definition) is 2. The van der Waals surface area contributed by atoms with Crippen LogP contribution in [0.4, 0.5) is 0 Å². The molecule has 3 nitrogen and oxygen atoms in total. The lowest BCUT2D eigenvalue weighted by molar-refractivity contribution is -0.739. The third-order valence-electron chi connectivity index (χ3n) is 0.682. The Morgan fingerprint density at radius 1 is 1.86 bits per heavy atom. The molecular weight excluding hydrogens is 92.1 g/mol. The Morgan fingerprint density at radius 2 is 2.57 bits per heavy atom. The predicted molar refractivity (Wildman–Crippen MR) is 22.4 cm³/mol. The maximum absolute atomic E-state index is 4.68. The van der Waals surface area contributed by atoms with E-state index >= 15 is 0 Å². The van der Waals surface area contributed by atoms with E-state index in [0.29, 0.717) is 0 Å². The van der Waals surface area contributed by atoms with Crippen molar-refractivity contribution in [3.05, 3.63) is 12.0 Å². The van der Waals surface area contributed by atoms with Crippen molar-refractivity contribution >= 4 is 0 Å². The summed E-state index contributed by atoms with van der Waals surface area (Å²) in [5, 5.41) is 3.56. The van der Waals surface area contributed by atoms with Gasteiger partial charge in [0.25, 0.3) is 0 Å². The van der Waals surface area contributed by atoms with Crippen LogP contribution in [-0.2, 0) is 7.05 Å². The van der Waals surface area contributed by atoms with Gasteiger partial charge in [-0.1, -0.05) is 4.68 Å². The Balaban J connectivity index is 3.04. The molecule has 0 amide bonds. The molecular formula is C4H7N2O+. The van der Waals surface area contributed by atoms with Gasteiger partial charge >= 0.3 is 0 Å². The van der Waals surface area contributed by atoms with Gasteiger partial charge in [-0.25, -0.2) is 0 Å². The van der Waals surface area contributed by atoms with Crippen LogP contribution >= 0.6 is 0 Å². The van der Waals surface area contributed by atoms with Crippen molar-refractivity contribution in [1.29, 1.82) is 0 Å². The SMILES string of the molecule is Cc1c[n+](C)no1.